The summed E-state index contributed by atoms with van der Waals surface area (Å²) in [7, 11) is 0. The third-order valence-electron chi connectivity index (χ3n) is 2.73. The minimum Gasteiger partial charge on any atom is -0.396 e. The molecular formula is C9H18O2. The van der Waals surface area contributed by atoms with Crippen molar-refractivity contribution in [2.24, 2.45) is 5.41 Å². The van der Waals surface area contributed by atoms with E-state index in [0.29, 0.717) is 0 Å². The maximum atomic E-state index is 9.20. The van der Waals surface area contributed by atoms with Gasteiger partial charge in [0.1, 0.15) is 0 Å². The minimum absolute atomic E-state index is 0.0637. The Balaban J connectivity index is 2.45. The molecule has 0 aromatic heterocycles. The van der Waals surface area contributed by atoms with E-state index in [1.54, 1.807) is 6.92 Å². The van der Waals surface area contributed by atoms with Crippen LogP contribution in [-0.2, 0) is 0 Å². The van der Waals surface area contributed by atoms with E-state index < -0.39 is 0 Å². The van der Waals surface area contributed by atoms with Crippen molar-refractivity contribution in [1.82, 2.24) is 0 Å². The Bertz CT molecular complexity index is 115. The van der Waals surface area contributed by atoms with Gasteiger partial charge in [-0.1, -0.05) is 12.8 Å². The lowest BCUT2D eigenvalue weighted by molar-refractivity contribution is 0.0616. The molecule has 0 aliphatic heterocycles. The molecule has 1 aliphatic carbocycles. The highest BCUT2D eigenvalue weighted by atomic mass is 16.3. The molecular weight excluding hydrogens is 140 g/mol. The highest BCUT2D eigenvalue weighted by Gasteiger charge is 2.33. The fourth-order valence-corrected chi connectivity index (χ4v) is 2.18. The molecule has 2 N–H and O–H groups in total. The molecule has 1 fully saturated rings. The lowest BCUT2D eigenvalue weighted by Gasteiger charge is -2.27. The van der Waals surface area contributed by atoms with Crippen LogP contribution in [0, 0.1) is 5.41 Å². The number of rotatable bonds is 3. The maximum Gasteiger partial charge on any atom is 0.0518 e. The van der Waals surface area contributed by atoms with Crippen LogP contribution in [0.3, 0.4) is 0 Å². The summed E-state index contributed by atoms with van der Waals surface area (Å²) < 4.78 is 0. The summed E-state index contributed by atoms with van der Waals surface area (Å²) in [6.45, 7) is 2.05. The van der Waals surface area contributed by atoms with Gasteiger partial charge in [0.25, 0.3) is 0 Å². The Labute approximate surface area is 68.2 Å². The van der Waals surface area contributed by atoms with Gasteiger partial charge in [-0.05, 0) is 31.6 Å². The standard InChI is InChI=1S/C9H18O2/c1-8(11)6-9(7-10)4-2-3-5-9/h8,10-11H,2-7H2,1H3. The third kappa shape index (κ3) is 2.17. The van der Waals surface area contributed by atoms with Crippen molar-refractivity contribution in [3.63, 3.8) is 0 Å². The highest BCUT2D eigenvalue weighted by Crippen LogP contribution is 2.41. The number of hydrogen-bond donors (Lipinski definition) is 2. The molecule has 11 heavy (non-hydrogen) atoms. The van der Waals surface area contributed by atoms with Crippen molar-refractivity contribution in [1.29, 1.82) is 0 Å². The van der Waals surface area contributed by atoms with Crippen molar-refractivity contribution in [3.05, 3.63) is 0 Å². The van der Waals surface area contributed by atoms with Crippen LogP contribution < -0.4 is 0 Å². The van der Waals surface area contributed by atoms with Gasteiger partial charge in [0.2, 0.25) is 0 Å². The monoisotopic (exact) mass is 158 g/mol. The van der Waals surface area contributed by atoms with E-state index in [0.717, 1.165) is 19.3 Å². The molecule has 0 spiro atoms. The van der Waals surface area contributed by atoms with Crippen LogP contribution in [-0.4, -0.2) is 22.9 Å². The van der Waals surface area contributed by atoms with Gasteiger partial charge < -0.3 is 10.2 Å². The number of aliphatic hydroxyl groups is 2. The lowest BCUT2D eigenvalue weighted by atomic mass is 9.82. The molecule has 0 heterocycles. The summed E-state index contributed by atoms with van der Waals surface area (Å²) in [6, 6.07) is 0. The van der Waals surface area contributed by atoms with Gasteiger partial charge >= 0.3 is 0 Å². The van der Waals surface area contributed by atoms with Gasteiger partial charge in [0, 0.05) is 6.61 Å². The van der Waals surface area contributed by atoms with E-state index in [4.69, 9.17) is 5.11 Å². The minimum atomic E-state index is -0.264. The third-order valence-corrected chi connectivity index (χ3v) is 2.73. The molecule has 0 aromatic rings. The molecule has 0 radical (unpaired) electrons. The van der Waals surface area contributed by atoms with Crippen molar-refractivity contribution in [2.45, 2.75) is 45.1 Å². The second-order valence-electron chi connectivity index (χ2n) is 3.92. The normalized spacial score (nSPS) is 25.4. The average Bonchev–Trinajstić information content (AvgIpc) is 2.36. The molecule has 2 nitrogen and oxygen atoms in total. The van der Waals surface area contributed by atoms with E-state index in [1.165, 1.54) is 12.8 Å². The number of aliphatic hydroxyl groups excluding tert-OH is 2. The van der Waals surface area contributed by atoms with E-state index >= 15 is 0 Å². The van der Waals surface area contributed by atoms with E-state index in [9.17, 15) is 5.11 Å². The van der Waals surface area contributed by atoms with Crippen molar-refractivity contribution >= 4 is 0 Å². The lowest BCUT2D eigenvalue weighted by Crippen LogP contribution is -2.26. The topological polar surface area (TPSA) is 40.5 Å². The molecule has 1 atom stereocenters. The van der Waals surface area contributed by atoms with Gasteiger partial charge in [-0.2, -0.15) is 0 Å². The Kier molecular flexibility index (Phi) is 2.90. The Morgan fingerprint density at radius 3 is 2.27 bits per heavy atom. The smallest absolute Gasteiger partial charge is 0.0518 e. The van der Waals surface area contributed by atoms with Gasteiger partial charge in [-0.3, -0.25) is 0 Å². The molecule has 0 aromatic carbocycles. The Morgan fingerprint density at radius 1 is 1.36 bits per heavy atom. The summed E-state index contributed by atoms with van der Waals surface area (Å²) in [4.78, 5) is 0. The van der Waals surface area contributed by atoms with Crippen LogP contribution in [0.5, 0.6) is 0 Å². The quantitative estimate of drug-likeness (QED) is 0.650. The van der Waals surface area contributed by atoms with E-state index in [2.05, 4.69) is 0 Å². The molecule has 1 aliphatic rings. The molecule has 1 unspecified atom stereocenters. The second kappa shape index (κ2) is 3.55. The molecule has 66 valence electrons. The SMILES string of the molecule is CC(O)CC1(CO)CCCC1. The molecule has 1 saturated carbocycles. The summed E-state index contributed by atoms with van der Waals surface area (Å²) in [5, 5.41) is 18.4. The first kappa shape index (κ1) is 9.01. The fourth-order valence-electron chi connectivity index (χ4n) is 2.18. The summed E-state index contributed by atoms with van der Waals surface area (Å²) in [5.41, 5.74) is 0.0637. The second-order valence-corrected chi connectivity index (χ2v) is 3.92. The Hall–Kier alpha value is -0.0800. The van der Waals surface area contributed by atoms with Gasteiger partial charge in [0.15, 0.2) is 0 Å². The zero-order valence-corrected chi connectivity index (χ0v) is 7.21. The van der Waals surface area contributed by atoms with Crippen LogP contribution in [0.2, 0.25) is 0 Å². The van der Waals surface area contributed by atoms with E-state index in [1.807, 2.05) is 0 Å². The zero-order chi connectivity index (χ0) is 8.32. The van der Waals surface area contributed by atoms with Crippen LogP contribution in [0.15, 0.2) is 0 Å². The van der Waals surface area contributed by atoms with Crippen LogP contribution in [0.25, 0.3) is 0 Å². The zero-order valence-electron chi connectivity index (χ0n) is 7.21. The van der Waals surface area contributed by atoms with Crippen molar-refractivity contribution in [2.75, 3.05) is 6.61 Å². The van der Waals surface area contributed by atoms with Gasteiger partial charge in [-0.25, -0.2) is 0 Å². The summed E-state index contributed by atoms with van der Waals surface area (Å²) in [5.74, 6) is 0. The van der Waals surface area contributed by atoms with Crippen molar-refractivity contribution in [3.8, 4) is 0 Å². The molecule has 0 saturated heterocycles. The molecule has 1 rings (SSSR count). The predicted octanol–water partition coefficient (Wildman–Crippen LogP) is 1.31. The first-order chi connectivity index (χ1) is 5.18. The van der Waals surface area contributed by atoms with E-state index in [-0.39, 0.29) is 18.1 Å². The average molecular weight is 158 g/mol. The largest absolute Gasteiger partial charge is 0.396 e. The Morgan fingerprint density at radius 2 is 1.91 bits per heavy atom. The highest BCUT2D eigenvalue weighted by molar-refractivity contribution is 4.85. The fraction of sp³-hybridized carbons (Fsp3) is 1.00. The molecule has 2 heteroatoms. The van der Waals surface area contributed by atoms with Crippen LogP contribution >= 0.6 is 0 Å². The van der Waals surface area contributed by atoms with Crippen molar-refractivity contribution < 1.29 is 10.2 Å². The van der Waals surface area contributed by atoms with Gasteiger partial charge in [-0.15, -0.1) is 0 Å². The number of hydrogen-bond acceptors (Lipinski definition) is 2. The molecule has 0 bridgehead atoms. The first-order valence-electron chi connectivity index (χ1n) is 4.47. The van der Waals surface area contributed by atoms with Gasteiger partial charge in [0.05, 0.1) is 6.10 Å². The summed E-state index contributed by atoms with van der Waals surface area (Å²) >= 11 is 0. The molecule has 0 amide bonds. The maximum absolute atomic E-state index is 9.20. The predicted molar refractivity (Wildman–Crippen MR) is 44.3 cm³/mol. The summed E-state index contributed by atoms with van der Waals surface area (Å²) in [6.07, 6.45) is 5.12. The van der Waals surface area contributed by atoms with Crippen LogP contribution in [0.1, 0.15) is 39.0 Å². The first-order valence-corrected chi connectivity index (χ1v) is 4.47. The van der Waals surface area contributed by atoms with Crippen LogP contribution in [0.4, 0.5) is 0 Å².